The molecule has 9 rings (SSSR count). The molecule has 6 heterocycles. The van der Waals surface area contributed by atoms with Crippen LogP contribution in [0.4, 0.5) is 14.6 Å². The maximum atomic E-state index is 16.9. The van der Waals surface area contributed by atoms with Gasteiger partial charge in [-0.1, -0.05) is 24.1 Å². The zero-order valence-electron chi connectivity index (χ0n) is 25.6. The summed E-state index contributed by atoms with van der Waals surface area (Å²) in [6.07, 6.45) is 11.5. The van der Waals surface area contributed by atoms with Gasteiger partial charge in [0.15, 0.2) is 5.82 Å². The molecule has 2 N–H and O–H groups in total. The Balaban J connectivity index is 1.18. The molecule has 8 nitrogen and oxygen atoms in total. The van der Waals surface area contributed by atoms with Crippen LogP contribution in [0.3, 0.4) is 0 Å². The highest BCUT2D eigenvalue weighted by Gasteiger charge is 2.49. The second-order valence-corrected chi connectivity index (χ2v) is 13.2. The normalized spacial score (nSPS) is 23.3. The topological polar surface area (TPSA) is 86.6 Å². The van der Waals surface area contributed by atoms with Gasteiger partial charge < -0.3 is 20.1 Å². The lowest BCUT2D eigenvalue weighted by atomic mass is 9.88. The highest BCUT2D eigenvalue weighted by Crippen LogP contribution is 2.47. The SMILES string of the molecule is C#Cc1cccc2cc(O)cc(-c3ncc4c(N5C[C@H]6CC[C@@H](C5)N6)nc(OCC56CCCN5Cc5cc(F)ccc56)nc4c3F)c12. The predicted octanol–water partition coefficient (Wildman–Crippen LogP) is 5.63. The summed E-state index contributed by atoms with van der Waals surface area (Å²) in [7, 11) is 0. The number of pyridine rings is 1. The van der Waals surface area contributed by atoms with Crippen molar-refractivity contribution in [2.24, 2.45) is 0 Å². The Bertz CT molecular complexity index is 2140. The Hall–Kier alpha value is -4.85. The average molecular weight is 631 g/mol. The Kier molecular flexibility index (Phi) is 6.39. The summed E-state index contributed by atoms with van der Waals surface area (Å²) < 4.78 is 37.5. The summed E-state index contributed by atoms with van der Waals surface area (Å²) >= 11 is 0. The minimum Gasteiger partial charge on any atom is -0.508 e. The number of nitrogens with one attached hydrogen (secondary N) is 1. The van der Waals surface area contributed by atoms with Gasteiger partial charge in [0.25, 0.3) is 0 Å². The summed E-state index contributed by atoms with van der Waals surface area (Å²) in [6, 6.07) is 14.2. The molecule has 4 aliphatic rings. The number of terminal acetylenes is 1. The number of aromatic hydroxyl groups is 1. The summed E-state index contributed by atoms with van der Waals surface area (Å²) in [5.74, 6) is 2.36. The van der Waals surface area contributed by atoms with Crippen molar-refractivity contribution in [1.82, 2.24) is 25.2 Å². The van der Waals surface area contributed by atoms with Crippen LogP contribution in [0, 0.1) is 24.0 Å². The number of aromatic nitrogens is 3. The molecule has 0 amide bonds. The zero-order valence-corrected chi connectivity index (χ0v) is 25.6. The Morgan fingerprint density at radius 1 is 1.09 bits per heavy atom. The highest BCUT2D eigenvalue weighted by atomic mass is 19.1. The van der Waals surface area contributed by atoms with Crippen LogP contribution in [0.1, 0.15) is 42.4 Å². The number of phenolic OH excluding ortho intramolecular Hbond substituents is 1. The van der Waals surface area contributed by atoms with Crippen molar-refractivity contribution < 1.29 is 18.6 Å². The van der Waals surface area contributed by atoms with Crippen molar-refractivity contribution in [3.8, 4) is 35.4 Å². The second-order valence-electron chi connectivity index (χ2n) is 13.2. The first-order chi connectivity index (χ1) is 22.9. The molecule has 236 valence electrons. The number of halogens is 2. The molecule has 3 atom stereocenters. The van der Waals surface area contributed by atoms with Gasteiger partial charge >= 0.3 is 6.01 Å². The third-order valence-corrected chi connectivity index (χ3v) is 10.5. The predicted molar refractivity (Wildman–Crippen MR) is 175 cm³/mol. The molecule has 5 aromatic rings. The number of piperazine rings is 1. The minimum absolute atomic E-state index is 0.0243. The fraction of sp³-hybridized carbons (Fsp3) is 0.324. The largest absolute Gasteiger partial charge is 0.508 e. The van der Waals surface area contributed by atoms with Gasteiger partial charge in [-0.3, -0.25) is 9.88 Å². The standard InChI is InChI=1S/C37H32F2N6O2/c1-2-21-5-3-6-22-14-27(46)15-28(31(21)22)33-32(39)34-29(16-40-33)35(44-18-25-8-9-26(19-44)41-25)43-36(42-34)47-20-37-11-4-12-45(37)17-23-13-24(38)7-10-30(23)37/h1,3,5-7,10,13-16,25-26,41,46H,4,8-9,11-12,17-20H2/t25-,26+,37?. The van der Waals surface area contributed by atoms with Gasteiger partial charge in [-0.05, 0) is 79.1 Å². The highest BCUT2D eigenvalue weighted by molar-refractivity contribution is 6.02. The minimum atomic E-state index is -0.643. The van der Waals surface area contributed by atoms with Crippen LogP contribution in [0.2, 0.25) is 0 Å². The average Bonchev–Trinajstić information content (AvgIpc) is 3.72. The molecule has 0 radical (unpaired) electrons. The van der Waals surface area contributed by atoms with E-state index in [-0.39, 0.29) is 35.4 Å². The molecule has 2 bridgehead atoms. The van der Waals surface area contributed by atoms with Crippen molar-refractivity contribution >= 4 is 27.5 Å². The molecular formula is C37H32F2N6O2. The van der Waals surface area contributed by atoms with Crippen molar-refractivity contribution in [1.29, 1.82) is 0 Å². The van der Waals surface area contributed by atoms with Crippen LogP contribution in [-0.4, -0.2) is 63.3 Å². The van der Waals surface area contributed by atoms with E-state index in [0.29, 0.717) is 51.7 Å². The van der Waals surface area contributed by atoms with Gasteiger partial charge in [0.2, 0.25) is 0 Å². The van der Waals surface area contributed by atoms with E-state index in [1.54, 1.807) is 30.5 Å². The van der Waals surface area contributed by atoms with E-state index in [2.05, 4.69) is 31.0 Å². The van der Waals surface area contributed by atoms with E-state index in [1.807, 2.05) is 12.1 Å². The molecule has 3 fully saturated rings. The summed E-state index contributed by atoms with van der Waals surface area (Å²) in [4.78, 5) is 18.7. The molecule has 3 aromatic carbocycles. The fourth-order valence-corrected chi connectivity index (χ4v) is 8.45. The maximum absolute atomic E-state index is 16.9. The van der Waals surface area contributed by atoms with Crippen LogP contribution in [0.25, 0.3) is 32.9 Å². The fourth-order valence-electron chi connectivity index (χ4n) is 8.45. The van der Waals surface area contributed by atoms with Crippen LogP contribution in [0.5, 0.6) is 11.8 Å². The first-order valence-electron chi connectivity index (χ1n) is 16.2. The third kappa shape index (κ3) is 4.44. The summed E-state index contributed by atoms with van der Waals surface area (Å²) in [5.41, 5.74) is 2.68. The van der Waals surface area contributed by atoms with Gasteiger partial charge in [-0.25, -0.2) is 8.78 Å². The Morgan fingerprint density at radius 3 is 2.77 bits per heavy atom. The lowest BCUT2D eigenvalue weighted by Gasteiger charge is -2.35. The smallest absolute Gasteiger partial charge is 0.319 e. The summed E-state index contributed by atoms with van der Waals surface area (Å²) in [6.45, 7) is 3.25. The van der Waals surface area contributed by atoms with E-state index >= 15 is 4.39 Å². The van der Waals surface area contributed by atoms with Crippen LogP contribution in [-0.2, 0) is 12.1 Å². The number of rotatable bonds is 5. The number of nitrogens with zero attached hydrogens (tertiary/aromatic N) is 5. The molecular weight excluding hydrogens is 598 g/mol. The van der Waals surface area contributed by atoms with E-state index in [4.69, 9.17) is 16.1 Å². The number of phenols is 1. The zero-order chi connectivity index (χ0) is 31.9. The number of fused-ring (bicyclic) bond motifs is 7. The van der Waals surface area contributed by atoms with Crippen molar-refractivity contribution in [2.75, 3.05) is 31.1 Å². The molecule has 0 aliphatic carbocycles. The van der Waals surface area contributed by atoms with Gasteiger partial charge in [0, 0.05) is 54.4 Å². The first-order valence-corrected chi connectivity index (χ1v) is 16.2. The Morgan fingerprint density at radius 2 is 1.94 bits per heavy atom. The number of anilines is 1. The molecule has 3 saturated heterocycles. The molecule has 47 heavy (non-hydrogen) atoms. The number of benzene rings is 3. The quantitative estimate of drug-likeness (QED) is 0.242. The lowest BCUT2D eigenvalue weighted by molar-refractivity contribution is 0.0826. The molecule has 0 spiro atoms. The molecule has 4 aliphatic heterocycles. The van der Waals surface area contributed by atoms with Gasteiger partial charge in [-0.2, -0.15) is 9.97 Å². The summed E-state index contributed by atoms with van der Waals surface area (Å²) in [5, 5.41) is 16.0. The van der Waals surface area contributed by atoms with Crippen molar-refractivity contribution in [3.05, 3.63) is 83.1 Å². The second kappa shape index (κ2) is 10.6. The van der Waals surface area contributed by atoms with E-state index in [1.165, 1.54) is 12.1 Å². The van der Waals surface area contributed by atoms with Crippen molar-refractivity contribution in [3.63, 3.8) is 0 Å². The molecule has 2 aromatic heterocycles. The van der Waals surface area contributed by atoms with Crippen LogP contribution >= 0.6 is 0 Å². The Labute approximate surface area is 270 Å². The monoisotopic (exact) mass is 630 g/mol. The van der Waals surface area contributed by atoms with E-state index in [0.717, 1.165) is 56.4 Å². The van der Waals surface area contributed by atoms with Gasteiger partial charge in [-0.15, -0.1) is 6.42 Å². The molecule has 0 saturated carbocycles. The van der Waals surface area contributed by atoms with Gasteiger partial charge in [0.05, 0.1) is 10.9 Å². The molecule has 10 heteroatoms. The van der Waals surface area contributed by atoms with Gasteiger partial charge in [0.1, 0.15) is 35.2 Å². The van der Waals surface area contributed by atoms with Crippen molar-refractivity contribution in [2.45, 2.75) is 49.9 Å². The number of hydrogen-bond donors (Lipinski definition) is 2. The maximum Gasteiger partial charge on any atom is 0.319 e. The molecule has 1 unspecified atom stereocenters. The van der Waals surface area contributed by atoms with E-state index < -0.39 is 11.4 Å². The first kappa shape index (κ1) is 28.4. The lowest BCUT2D eigenvalue weighted by Crippen LogP contribution is -2.51. The van der Waals surface area contributed by atoms with Crippen LogP contribution < -0.4 is 15.0 Å². The van der Waals surface area contributed by atoms with Crippen LogP contribution in [0.15, 0.2) is 54.7 Å². The number of hydrogen-bond acceptors (Lipinski definition) is 8. The number of ether oxygens (including phenoxy) is 1. The van der Waals surface area contributed by atoms with E-state index in [9.17, 15) is 9.50 Å². The third-order valence-electron chi connectivity index (χ3n) is 10.5.